The monoisotopic (exact) mass is 480 g/mol. The molecule has 0 aliphatic carbocycles. The summed E-state index contributed by atoms with van der Waals surface area (Å²) in [6, 6.07) is 8.26. The van der Waals surface area contributed by atoms with Gasteiger partial charge in [-0.25, -0.2) is 15.0 Å². The minimum absolute atomic E-state index is 0.187. The topological polar surface area (TPSA) is 138 Å². The number of anilines is 1. The molecule has 1 aliphatic rings. The summed E-state index contributed by atoms with van der Waals surface area (Å²) in [5.74, 6) is 1.44. The lowest BCUT2D eigenvalue weighted by Crippen LogP contribution is -2.56. The van der Waals surface area contributed by atoms with E-state index in [0.29, 0.717) is 28.4 Å². The second-order valence-corrected chi connectivity index (χ2v) is 9.96. The first-order valence-electron chi connectivity index (χ1n) is 11.2. The Morgan fingerprint density at radius 3 is 2.63 bits per heavy atom. The van der Waals surface area contributed by atoms with Gasteiger partial charge in [0.2, 0.25) is 0 Å². The lowest BCUT2D eigenvalue weighted by atomic mass is 10.1. The number of thiophene rings is 1. The SMILES string of the molecule is Cc1ccc(-c2cncc3[nH]c(-c4n[nH]c5ccc(-c6cncc(N7CC(N)C7)n6)nc45)nc23)s1. The summed E-state index contributed by atoms with van der Waals surface area (Å²) in [6.07, 6.45) is 7.12. The molecule has 0 aromatic carbocycles. The fourth-order valence-corrected chi connectivity index (χ4v) is 5.22. The first kappa shape index (κ1) is 20.2. The third kappa shape index (κ3) is 3.35. The van der Waals surface area contributed by atoms with Crippen LogP contribution in [0.15, 0.2) is 49.1 Å². The van der Waals surface area contributed by atoms with Gasteiger partial charge in [-0.1, -0.05) is 0 Å². The summed E-state index contributed by atoms with van der Waals surface area (Å²) in [5, 5.41) is 7.59. The van der Waals surface area contributed by atoms with Crippen molar-refractivity contribution >= 4 is 39.2 Å². The maximum atomic E-state index is 5.92. The average molecular weight is 481 g/mol. The van der Waals surface area contributed by atoms with Crippen LogP contribution >= 0.6 is 11.3 Å². The van der Waals surface area contributed by atoms with Gasteiger partial charge in [0.15, 0.2) is 11.5 Å². The van der Waals surface area contributed by atoms with Gasteiger partial charge in [-0.05, 0) is 31.2 Å². The number of nitrogens with two attached hydrogens (primary N) is 1. The second kappa shape index (κ2) is 7.65. The van der Waals surface area contributed by atoms with Crippen molar-refractivity contribution in [2.45, 2.75) is 13.0 Å². The van der Waals surface area contributed by atoms with Crippen LogP contribution in [0.2, 0.25) is 0 Å². The second-order valence-electron chi connectivity index (χ2n) is 8.67. The van der Waals surface area contributed by atoms with Gasteiger partial charge < -0.3 is 15.6 Å². The molecule has 1 aliphatic heterocycles. The zero-order valence-electron chi connectivity index (χ0n) is 18.7. The van der Waals surface area contributed by atoms with E-state index in [1.807, 2.05) is 18.3 Å². The van der Waals surface area contributed by atoms with Crippen LogP contribution in [0.4, 0.5) is 5.82 Å². The Balaban J connectivity index is 1.31. The molecule has 0 radical (unpaired) electrons. The van der Waals surface area contributed by atoms with Crippen molar-refractivity contribution in [2.24, 2.45) is 5.73 Å². The van der Waals surface area contributed by atoms with Gasteiger partial charge >= 0.3 is 0 Å². The van der Waals surface area contributed by atoms with Crippen LogP contribution in [0, 0.1) is 6.92 Å². The number of hydrogen-bond donors (Lipinski definition) is 3. The van der Waals surface area contributed by atoms with Crippen LogP contribution < -0.4 is 10.6 Å². The molecule has 7 heterocycles. The molecule has 0 saturated carbocycles. The summed E-state index contributed by atoms with van der Waals surface area (Å²) in [5.41, 5.74) is 12.2. The molecule has 4 N–H and O–H groups in total. The number of nitrogens with zero attached hydrogens (tertiary/aromatic N) is 7. The predicted octanol–water partition coefficient (Wildman–Crippen LogP) is 3.54. The molecule has 7 rings (SSSR count). The van der Waals surface area contributed by atoms with Crippen molar-refractivity contribution in [3.63, 3.8) is 0 Å². The molecule has 1 fully saturated rings. The van der Waals surface area contributed by atoms with Crippen LogP contribution in [0.1, 0.15) is 4.88 Å². The summed E-state index contributed by atoms with van der Waals surface area (Å²) < 4.78 is 0. The molecule has 0 atom stereocenters. The highest BCUT2D eigenvalue weighted by Gasteiger charge is 2.25. The zero-order chi connectivity index (χ0) is 23.5. The zero-order valence-corrected chi connectivity index (χ0v) is 19.5. The molecule has 0 bridgehead atoms. The number of fused-ring (bicyclic) bond motifs is 2. The van der Waals surface area contributed by atoms with Crippen LogP contribution in [0.25, 0.3) is 55.4 Å². The number of imidazole rings is 1. The summed E-state index contributed by atoms with van der Waals surface area (Å²) in [7, 11) is 0. The largest absolute Gasteiger partial charge is 0.352 e. The Morgan fingerprint density at radius 1 is 0.914 bits per heavy atom. The van der Waals surface area contributed by atoms with Crippen LogP contribution in [0.3, 0.4) is 0 Å². The average Bonchev–Trinajstić information content (AvgIpc) is 3.59. The van der Waals surface area contributed by atoms with Gasteiger partial charge in [0.05, 0.1) is 35.3 Å². The number of aromatic nitrogens is 8. The molecule has 35 heavy (non-hydrogen) atoms. The third-order valence-corrected chi connectivity index (χ3v) is 7.18. The minimum Gasteiger partial charge on any atom is -0.352 e. The van der Waals surface area contributed by atoms with Crippen molar-refractivity contribution < 1.29 is 0 Å². The molecular formula is C24H20N10S. The van der Waals surface area contributed by atoms with Gasteiger partial charge in [0, 0.05) is 40.6 Å². The van der Waals surface area contributed by atoms with Gasteiger partial charge in [-0.3, -0.25) is 15.1 Å². The highest BCUT2D eigenvalue weighted by atomic mass is 32.1. The van der Waals surface area contributed by atoms with E-state index in [1.165, 1.54) is 4.88 Å². The van der Waals surface area contributed by atoms with Crippen molar-refractivity contribution in [1.82, 2.24) is 40.1 Å². The standard InChI is InChI=1S/C24H20N10S/c1-12-2-5-19(35-12)14-6-26-8-18-21(14)31-24(30-18)23-22-16(32-33-23)4-3-15(29-22)17-7-27-9-20(28-17)34-10-13(25)11-34/h2-9,13H,10-11,25H2,1H3,(H,30,31)(H,32,33). The highest BCUT2D eigenvalue weighted by Crippen LogP contribution is 2.34. The van der Waals surface area contributed by atoms with E-state index in [4.69, 9.17) is 20.7 Å². The molecule has 6 aromatic rings. The van der Waals surface area contributed by atoms with Crippen LogP contribution in [-0.2, 0) is 0 Å². The number of hydrogen-bond acceptors (Lipinski definition) is 9. The van der Waals surface area contributed by atoms with Gasteiger partial charge in [0.1, 0.15) is 22.5 Å². The van der Waals surface area contributed by atoms with E-state index in [1.54, 1.807) is 29.9 Å². The van der Waals surface area contributed by atoms with Crippen molar-refractivity contribution in [3.8, 4) is 33.3 Å². The number of pyridine rings is 2. The first-order chi connectivity index (χ1) is 17.1. The van der Waals surface area contributed by atoms with Crippen LogP contribution in [-0.4, -0.2) is 59.2 Å². The molecule has 0 unspecified atom stereocenters. The quantitative estimate of drug-likeness (QED) is 0.348. The Bertz CT molecular complexity index is 1710. The van der Waals surface area contributed by atoms with E-state index in [-0.39, 0.29) is 6.04 Å². The minimum atomic E-state index is 0.187. The summed E-state index contributed by atoms with van der Waals surface area (Å²) in [4.78, 5) is 31.2. The fraction of sp³-hybridized carbons (Fsp3) is 0.167. The molecule has 0 spiro atoms. The Kier molecular flexibility index (Phi) is 4.41. The van der Waals surface area contributed by atoms with E-state index in [2.05, 4.69) is 49.1 Å². The molecule has 10 nitrogen and oxygen atoms in total. The normalized spacial score (nSPS) is 14.2. The maximum Gasteiger partial charge on any atom is 0.161 e. The number of H-pyrrole nitrogens is 2. The fourth-order valence-electron chi connectivity index (χ4n) is 4.34. The first-order valence-corrected chi connectivity index (χ1v) is 12.0. The van der Waals surface area contributed by atoms with Crippen LogP contribution in [0.5, 0.6) is 0 Å². The number of rotatable bonds is 4. The lowest BCUT2D eigenvalue weighted by molar-refractivity contribution is 0.514. The van der Waals surface area contributed by atoms with E-state index >= 15 is 0 Å². The maximum absolute atomic E-state index is 5.92. The van der Waals surface area contributed by atoms with E-state index in [9.17, 15) is 0 Å². The van der Waals surface area contributed by atoms with Gasteiger partial charge in [-0.2, -0.15) is 5.10 Å². The summed E-state index contributed by atoms with van der Waals surface area (Å²) in [6.45, 7) is 3.66. The number of aromatic amines is 2. The van der Waals surface area contributed by atoms with Crippen molar-refractivity contribution in [2.75, 3.05) is 18.0 Å². The highest BCUT2D eigenvalue weighted by molar-refractivity contribution is 7.15. The van der Waals surface area contributed by atoms with Gasteiger partial charge in [0.25, 0.3) is 0 Å². The Hall–Kier alpha value is -4.22. The molecule has 11 heteroatoms. The Morgan fingerprint density at radius 2 is 1.80 bits per heavy atom. The van der Waals surface area contributed by atoms with Gasteiger partial charge in [-0.15, -0.1) is 11.3 Å². The molecular weight excluding hydrogens is 460 g/mol. The molecule has 172 valence electrons. The van der Waals surface area contributed by atoms with Crippen molar-refractivity contribution in [1.29, 1.82) is 0 Å². The molecule has 1 saturated heterocycles. The predicted molar refractivity (Wildman–Crippen MR) is 136 cm³/mol. The third-order valence-electron chi connectivity index (χ3n) is 6.15. The lowest BCUT2D eigenvalue weighted by Gasteiger charge is -2.37. The molecule has 0 amide bonds. The van der Waals surface area contributed by atoms with E-state index < -0.39 is 0 Å². The Labute approximate surface area is 203 Å². The van der Waals surface area contributed by atoms with Crippen molar-refractivity contribution in [3.05, 3.63) is 53.9 Å². The molecule has 6 aromatic heterocycles. The number of nitrogens with one attached hydrogen (secondary N) is 2. The summed E-state index contributed by atoms with van der Waals surface area (Å²) >= 11 is 1.72. The number of aryl methyl sites for hydroxylation is 1. The smallest absolute Gasteiger partial charge is 0.161 e. The van der Waals surface area contributed by atoms with E-state index in [0.717, 1.165) is 45.9 Å².